The minimum Gasteiger partial charge on any atom is -0.497 e. The van der Waals surface area contributed by atoms with E-state index in [0.717, 1.165) is 0 Å². The van der Waals surface area contributed by atoms with Crippen molar-refractivity contribution >= 4 is 5.97 Å². The summed E-state index contributed by atoms with van der Waals surface area (Å²) in [6.45, 7) is 5.28. The van der Waals surface area contributed by atoms with Gasteiger partial charge >= 0.3 is 5.97 Å². The van der Waals surface area contributed by atoms with Crippen LogP contribution in [-0.2, 0) is 9.78 Å². The third kappa shape index (κ3) is 3.90. The van der Waals surface area contributed by atoms with E-state index in [1.54, 1.807) is 31.4 Å². The van der Waals surface area contributed by atoms with Crippen molar-refractivity contribution in [1.82, 2.24) is 0 Å². The van der Waals surface area contributed by atoms with Crippen LogP contribution in [0.1, 0.15) is 24.2 Å². The number of methoxy groups -OCH3 is 1. The highest BCUT2D eigenvalue weighted by atomic mass is 17.2. The Morgan fingerprint density at radius 1 is 1.25 bits per heavy atom. The second-order valence-electron chi connectivity index (χ2n) is 3.58. The van der Waals surface area contributed by atoms with Gasteiger partial charge in [0.2, 0.25) is 0 Å². The minimum atomic E-state index is -0.528. The van der Waals surface area contributed by atoms with Gasteiger partial charge in [-0.1, -0.05) is 13.8 Å². The first-order valence-electron chi connectivity index (χ1n) is 4.98. The summed E-state index contributed by atoms with van der Waals surface area (Å²) in [4.78, 5) is 20.7. The SMILES string of the molecule is COc1ccc(C(=O)OO[CH]C(C)C)cc1. The van der Waals surface area contributed by atoms with Crippen LogP contribution in [0.3, 0.4) is 0 Å². The molecule has 0 unspecified atom stereocenters. The Hall–Kier alpha value is -1.55. The molecule has 0 aliphatic heterocycles. The number of rotatable bonds is 5. The molecule has 0 saturated heterocycles. The molecule has 0 aliphatic carbocycles. The Kier molecular flexibility index (Phi) is 4.79. The second-order valence-corrected chi connectivity index (χ2v) is 3.58. The van der Waals surface area contributed by atoms with E-state index in [1.165, 1.54) is 6.61 Å². The van der Waals surface area contributed by atoms with Crippen LogP contribution < -0.4 is 4.74 Å². The number of hydrogen-bond donors (Lipinski definition) is 0. The van der Waals surface area contributed by atoms with E-state index >= 15 is 0 Å². The molecule has 1 radical (unpaired) electrons. The van der Waals surface area contributed by atoms with Crippen molar-refractivity contribution in [2.45, 2.75) is 13.8 Å². The highest BCUT2D eigenvalue weighted by molar-refractivity contribution is 5.89. The van der Waals surface area contributed by atoms with E-state index in [9.17, 15) is 4.79 Å². The molecule has 0 spiro atoms. The molecule has 0 heterocycles. The smallest absolute Gasteiger partial charge is 0.373 e. The molecule has 87 valence electrons. The van der Waals surface area contributed by atoms with E-state index in [-0.39, 0.29) is 5.92 Å². The molecule has 1 aromatic carbocycles. The van der Waals surface area contributed by atoms with Crippen molar-refractivity contribution in [1.29, 1.82) is 0 Å². The zero-order valence-corrected chi connectivity index (χ0v) is 9.60. The largest absolute Gasteiger partial charge is 0.497 e. The fourth-order valence-corrected chi connectivity index (χ4v) is 0.958. The van der Waals surface area contributed by atoms with E-state index in [4.69, 9.17) is 4.74 Å². The summed E-state index contributed by atoms with van der Waals surface area (Å²) in [6, 6.07) is 6.59. The zero-order chi connectivity index (χ0) is 12.0. The number of benzene rings is 1. The average Bonchev–Trinajstić information content (AvgIpc) is 2.28. The fraction of sp³-hybridized carbons (Fsp3) is 0.333. The van der Waals surface area contributed by atoms with Crippen LogP contribution in [-0.4, -0.2) is 13.1 Å². The van der Waals surface area contributed by atoms with Crippen LogP contribution in [0.4, 0.5) is 0 Å². The van der Waals surface area contributed by atoms with Gasteiger partial charge in [-0.05, 0) is 30.2 Å². The summed E-state index contributed by atoms with van der Waals surface area (Å²) >= 11 is 0. The van der Waals surface area contributed by atoms with Gasteiger partial charge in [0.15, 0.2) is 0 Å². The molecule has 16 heavy (non-hydrogen) atoms. The standard InChI is InChI=1S/C12H15O4/c1-9(2)8-15-16-12(13)10-4-6-11(14-3)7-5-10/h4-9H,1-3H3. The van der Waals surface area contributed by atoms with Crippen molar-refractivity contribution < 1.29 is 19.3 Å². The lowest BCUT2D eigenvalue weighted by molar-refractivity contribution is -0.217. The van der Waals surface area contributed by atoms with Crippen molar-refractivity contribution in [3.63, 3.8) is 0 Å². The molecule has 0 aromatic heterocycles. The second kappa shape index (κ2) is 6.12. The van der Waals surface area contributed by atoms with Crippen molar-refractivity contribution in [2.75, 3.05) is 7.11 Å². The molecule has 0 aliphatic rings. The van der Waals surface area contributed by atoms with Gasteiger partial charge in [0.1, 0.15) is 12.4 Å². The first-order chi connectivity index (χ1) is 7.63. The molecule has 0 bridgehead atoms. The predicted molar refractivity (Wildman–Crippen MR) is 58.6 cm³/mol. The maximum atomic E-state index is 11.4. The monoisotopic (exact) mass is 223 g/mol. The molecule has 0 saturated carbocycles. The average molecular weight is 223 g/mol. The van der Waals surface area contributed by atoms with Crippen LogP contribution >= 0.6 is 0 Å². The summed E-state index contributed by atoms with van der Waals surface area (Å²) in [5, 5.41) is 0. The third-order valence-corrected chi connectivity index (χ3v) is 1.78. The van der Waals surface area contributed by atoms with Gasteiger partial charge in [-0.15, -0.1) is 0 Å². The molecular formula is C12H15O4. The summed E-state index contributed by atoms with van der Waals surface area (Å²) < 4.78 is 4.97. The zero-order valence-electron chi connectivity index (χ0n) is 9.60. The van der Waals surface area contributed by atoms with Crippen LogP contribution in [0.25, 0.3) is 0 Å². The summed E-state index contributed by atoms with van der Waals surface area (Å²) in [6.07, 6.45) is 0. The minimum absolute atomic E-state index is 0.198. The summed E-state index contributed by atoms with van der Waals surface area (Å²) in [7, 11) is 1.56. The topological polar surface area (TPSA) is 44.8 Å². The molecule has 1 aromatic rings. The van der Waals surface area contributed by atoms with Crippen molar-refractivity contribution in [3.8, 4) is 5.75 Å². The van der Waals surface area contributed by atoms with Gasteiger partial charge in [-0.3, -0.25) is 4.89 Å². The number of ether oxygens (including phenoxy) is 1. The first-order valence-corrected chi connectivity index (χ1v) is 4.98. The fourth-order valence-electron chi connectivity index (χ4n) is 0.958. The Morgan fingerprint density at radius 3 is 2.38 bits per heavy atom. The molecule has 0 amide bonds. The molecule has 4 nitrogen and oxygen atoms in total. The van der Waals surface area contributed by atoms with E-state index < -0.39 is 5.97 Å². The number of carbonyl (C=O) groups is 1. The number of carbonyl (C=O) groups excluding carboxylic acids is 1. The van der Waals surface area contributed by atoms with Crippen molar-refractivity contribution in [2.24, 2.45) is 5.92 Å². The summed E-state index contributed by atoms with van der Waals surface area (Å²) in [5.41, 5.74) is 0.415. The van der Waals surface area contributed by atoms with E-state index in [1.807, 2.05) is 13.8 Å². The summed E-state index contributed by atoms with van der Waals surface area (Å²) in [5.74, 6) is 0.356. The molecule has 1 rings (SSSR count). The Labute approximate surface area is 95.1 Å². The van der Waals surface area contributed by atoms with Gasteiger partial charge in [0.05, 0.1) is 12.7 Å². The van der Waals surface area contributed by atoms with Crippen LogP contribution in [0.5, 0.6) is 5.75 Å². The lowest BCUT2D eigenvalue weighted by Crippen LogP contribution is -2.06. The predicted octanol–water partition coefficient (Wildman–Crippen LogP) is 2.60. The Balaban J connectivity index is 2.46. The maximum absolute atomic E-state index is 11.4. The Bertz CT molecular complexity index is 329. The quantitative estimate of drug-likeness (QED) is 0.568. The third-order valence-electron chi connectivity index (χ3n) is 1.78. The van der Waals surface area contributed by atoms with Crippen LogP contribution in [0, 0.1) is 12.5 Å². The van der Waals surface area contributed by atoms with Crippen LogP contribution in [0.15, 0.2) is 24.3 Å². The van der Waals surface area contributed by atoms with E-state index in [0.29, 0.717) is 11.3 Å². The molecular weight excluding hydrogens is 208 g/mol. The highest BCUT2D eigenvalue weighted by Gasteiger charge is 2.08. The van der Waals surface area contributed by atoms with Gasteiger partial charge in [-0.2, -0.15) is 4.89 Å². The number of hydrogen-bond acceptors (Lipinski definition) is 4. The normalized spacial score (nSPS) is 10.2. The van der Waals surface area contributed by atoms with E-state index in [2.05, 4.69) is 9.78 Å². The molecule has 0 N–H and O–H groups in total. The molecule has 0 fully saturated rings. The van der Waals surface area contributed by atoms with Gasteiger partial charge in [-0.25, -0.2) is 4.79 Å². The molecule has 0 atom stereocenters. The van der Waals surface area contributed by atoms with Gasteiger partial charge in [0.25, 0.3) is 0 Å². The molecule has 4 heteroatoms. The van der Waals surface area contributed by atoms with Crippen molar-refractivity contribution in [3.05, 3.63) is 36.4 Å². The van der Waals surface area contributed by atoms with Gasteiger partial charge < -0.3 is 4.74 Å². The maximum Gasteiger partial charge on any atom is 0.373 e. The van der Waals surface area contributed by atoms with Crippen LogP contribution in [0.2, 0.25) is 0 Å². The highest BCUT2D eigenvalue weighted by Crippen LogP contribution is 2.12. The van der Waals surface area contributed by atoms with Gasteiger partial charge in [0, 0.05) is 0 Å². The Morgan fingerprint density at radius 2 is 1.88 bits per heavy atom. The first kappa shape index (κ1) is 12.5. The lowest BCUT2D eigenvalue weighted by atomic mass is 10.2. The lowest BCUT2D eigenvalue weighted by Gasteiger charge is -2.05.